The average Bonchev–Trinajstić information content (AvgIpc) is 2.44. The van der Waals surface area contributed by atoms with Crippen molar-refractivity contribution in [1.82, 2.24) is 5.32 Å². The molecule has 112 valence electrons. The van der Waals surface area contributed by atoms with Gasteiger partial charge in [-0.25, -0.2) is 8.78 Å². The molecular formula is C15H22F2N2O. The van der Waals surface area contributed by atoms with Gasteiger partial charge in [0, 0.05) is 19.6 Å². The Morgan fingerprint density at radius 1 is 1.30 bits per heavy atom. The number of nitrogens with one attached hydrogen (secondary N) is 1. The maximum atomic E-state index is 14.2. The highest BCUT2D eigenvalue weighted by Gasteiger charge is 2.24. The molecule has 1 N–H and O–H groups in total. The van der Waals surface area contributed by atoms with Crippen LogP contribution in [0.15, 0.2) is 12.1 Å². The Balaban J connectivity index is 2.19. The smallest absolute Gasteiger partial charge is 0.149 e. The Morgan fingerprint density at radius 3 is 2.60 bits per heavy atom. The van der Waals surface area contributed by atoms with Gasteiger partial charge in [-0.05, 0) is 30.7 Å². The lowest BCUT2D eigenvalue weighted by Gasteiger charge is -2.34. The van der Waals surface area contributed by atoms with Crippen molar-refractivity contribution in [3.63, 3.8) is 0 Å². The zero-order chi connectivity index (χ0) is 14.5. The molecule has 1 aromatic rings. The SMILES string of the molecule is CCNCc1cc(F)c(N2CCOC(CC)C2)c(F)c1. The second kappa shape index (κ2) is 6.99. The van der Waals surface area contributed by atoms with Crippen molar-refractivity contribution in [2.24, 2.45) is 0 Å². The molecule has 1 aliphatic rings. The summed E-state index contributed by atoms with van der Waals surface area (Å²) in [6.45, 7) is 6.79. The van der Waals surface area contributed by atoms with Crippen LogP contribution in [-0.4, -0.2) is 32.3 Å². The highest BCUT2D eigenvalue weighted by Crippen LogP contribution is 2.27. The number of nitrogens with zero attached hydrogens (tertiary/aromatic N) is 1. The van der Waals surface area contributed by atoms with Crippen molar-refractivity contribution in [1.29, 1.82) is 0 Å². The predicted octanol–water partition coefficient (Wildman–Crippen LogP) is 2.69. The Kier molecular flexibility index (Phi) is 5.31. The van der Waals surface area contributed by atoms with Crippen LogP contribution in [0.2, 0.25) is 0 Å². The van der Waals surface area contributed by atoms with Gasteiger partial charge >= 0.3 is 0 Å². The number of hydrogen-bond donors (Lipinski definition) is 1. The molecule has 1 aromatic carbocycles. The van der Waals surface area contributed by atoms with Gasteiger partial charge in [0.2, 0.25) is 0 Å². The van der Waals surface area contributed by atoms with Crippen LogP contribution in [0.4, 0.5) is 14.5 Å². The van der Waals surface area contributed by atoms with E-state index >= 15 is 0 Å². The van der Waals surface area contributed by atoms with Crippen LogP contribution in [0.25, 0.3) is 0 Å². The van der Waals surface area contributed by atoms with E-state index in [9.17, 15) is 8.78 Å². The van der Waals surface area contributed by atoms with Crippen molar-refractivity contribution in [3.8, 4) is 0 Å². The number of ether oxygens (including phenoxy) is 1. The molecular weight excluding hydrogens is 262 g/mol. The molecule has 1 saturated heterocycles. The molecule has 1 fully saturated rings. The summed E-state index contributed by atoms with van der Waals surface area (Å²) < 4.78 is 33.9. The summed E-state index contributed by atoms with van der Waals surface area (Å²) >= 11 is 0. The summed E-state index contributed by atoms with van der Waals surface area (Å²) in [5.74, 6) is -0.982. The lowest BCUT2D eigenvalue weighted by Crippen LogP contribution is -2.43. The largest absolute Gasteiger partial charge is 0.375 e. The summed E-state index contributed by atoms with van der Waals surface area (Å²) in [5.41, 5.74) is 0.706. The maximum absolute atomic E-state index is 14.2. The third-order valence-electron chi connectivity index (χ3n) is 3.57. The van der Waals surface area contributed by atoms with Gasteiger partial charge in [0.25, 0.3) is 0 Å². The number of hydrogen-bond acceptors (Lipinski definition) is 3. The van der Waals surface area contributed by atoms with E-state index in [1.54, 1.807) is 4.90 Å². The van der Waals surface area contributed by atoms with E-state index in [0.29, 0.717) is 31.8 Å². The van der Waals surface area contributed by atoms with E-state index in [2.05, 4.69) is 5.32 Å². The number of rotatable bonds is 5. The first-order valence-corrected chi connectivity index (χ1v) is 7.20. The normalized spacial score (nSPS) is 19.4. The first kappa shape index (κ1) is 15.2. The fraction of sp³-hybridized carbons (Fsp3) is 0.600. The van der Waals surface area contributed by atoms with Gasteiger partial charge in [0.15, 0.2) is 0 Å². The van der Waals surface area contributed by atoms with Crippen LogP contribution in [-0.2, 0) is 11.3 Å². The molecule has 0 spiro atoms. The van der Waals surface area contributed by atoms with Gasteiger partial charge in [-0.15, -0.1) is 0 Å². The van der Waals surface area contributed by atoms with Gasteiger partial charge in [-0.2, -0.15) is 0 Å². The Morgan fingerprint density at radius 2 is 2.00 bits per heavy atom. The second-order valence-electron chi connectivity index (χ2n) is 5.04. The van der Waals surface area contributed by atoms with E-state index in [1.807, 2.05) is 13.8 Å². The Labute approximate surface area is 118 Å². The topological polar surface area (TPSA) is 24.5 Å². The highest BCUT2D eigenvalue weighted by atomic mass is 19.1. The quantitative estimate of drug-likeness (QED) is 0.899. The summed E-state index contributed by atoms with van der Waals surface area (Å²) in [6, 6.07) is 2.83. The molecule has 0 aliphatic carbocycles. The van der Waals surface area contributed by atoms with Crippen LogP contribution in [0.3, 0.4) is 0 Å². The molecule has 5 heteroatoms. The molecule has 1 heterocycles. The fourth-order valence-corrected chi connectivity index (χ4v) is 2.46. The van der Waals surface area contributed by atoms with E-state index in [-0.39, 0.29) is 11.8 Å². The maximum Gasteiger partial charge on any atom is 0.149 e. The zero-order valence-corrected chi connectivity index (χ0v) is 12.1. The van der Waals surface area contributed by atoms with E-state index in [4.69, 9.17) is 4.74 Å². The summed E-state index contributed by atoms with van der Waals surface area (Å²) in [7, 11) is 0. The van der Waals surface area contributed by atoms with Crippen LogP contribution in [0.1, 0.15) is 25.8 Å². The van der Waals surface area contributed by atoms with Gasteiger partial charge in [0.05, 0.1) is 12.7 Å². The van der Waals surface area contributed by atoms with Crippen LogP contribution in [0.5, 0.6) is 0 Å². The molecule has 0 amide bonds. The van der Waals surface area contributed by atoms with E-state index in [0.717, 1.165) is 13.0 Å². The first-order chi connectivity index (χ1) is 9.65. The van der Waals surface area contributed by atoms with Gasteiger partial charge in [0.1, 0.15) is 17.3 Å². The number of benzene rings is 1. The molecule has 1 aliphatic heterocycles. The molecule has 1 atom stereocenters. The minimum Gasteiger partial charge on any atom is -0.375 e. The lowest BCUT2D eigenvalue weighted by atomic mass is 10.1. The second-order valence-corrected chi connectivity index (χ2v) is 5.04. The number of anilines is 1. The summed E-state index contributed by atoms with van der Waals surface area (Å²) in [5, 5.41) is 3.07. The van der Waals surface area contributed by atoms with Crippen LogP contribution < -0.4 is 10.2 Å². The number of morpholine rings is 1. The Bertz CT molecular complexity index is 430. The molecule has 0 radical (unpaired) electrons. The van der Waals surface area contributed by atoms with E-state index < -0.39 is 11.6 Å². The predicted molar refractivity (Wildman–Crippen MR) is 76.0 cm³/mol. The van der Waals surface area contributed by atoms with Gasteiger partial charge in [-0.3, -0.25) is 0 Å². The molecule has 20 heavy (non-hydrogen) atoms. The highest BCUT2D eigenvalue weighted by molar-refractivity contribution is 5.51. The number of halogens is 2. The van der Waals surface area contributed by atoms with Gasteiger partial charge < -0.3 is 15.0 Å². The summed E-state index contributed by atoms with van der Waals surface area (Å²) in [6.07, 6.45) is 0.891. The Hall–Kier alpha value is -1.20. The molecule has 2 rings (SSSR count). The van der Waals surface area contributed by atoms with Crippen molar-refractivity contribution < 1.29 is 13.5 Å². The lowest BCUT2D eigenvalue weighted by molar-refractivity contribution is 0.0380. The fourth-order valence-electron chi connectivity index (χ4n) is 2.46. The van der Waals surface area contributed by atoms with Crippen LogP contribution in [0, 0.1) is 11.6 Å². The molecule has 0 aromatic heterocycles. The minimum absolute atomic E-state index is 0.0454. The minimum atomic E-state index is -0.491. The molecule has 1 unspecified atom stereocenters. The summed E-state index contributed by atoms with van der Waals surface area (Å²) in [4.78, 5) is 1.75. The van der Waals surface area contributed by atoms with Crippen molar-refractivity contribution in [3.05, 3.63) is 29.3 Å². The van der Waals surface area contributed by atoms with Crippen molar-refractivity contribution in [2.75, 3.05) is 31.1 Å². The molecule has 0 bridgehead atoms. The third-order valence-corrected chi connectivity index (χ3v) is 3.57. The van der Waals surface area contributed by atoms with Crippen molar-refractivity contribution >= 4 is 5.69 Å². The van der Waals surface area contributed by atoms with E-state index in [1.165, 1.54) is 12.1 Å². The molecule has 0 saturated carbocycles. The monoisotopic (exact) mass is 284 g/mol. The van der Waals surface area contributed by atoms with Crippen molar-refractivity contribution in [2.45, 2.75) is 32.9 Å². The zero-order valence-electron chi connectivity index (χ0n) is 12.1. The van der Waals surface area contributed by atoms with Crippen LogP contribution >= 0.6 is 0 Å². The molecule has 3 nitrogen and oxygen atoms in total. The average molecular weight is 284 g/mol. The first-order valence-electron chi connectivity index (χ1n) is 7.20. The standard InChI is InChI=1S/C15H22F2N2O/c1-3-12-10-19(5-6-20-12)15-13(16)7-11(8-14(15)17)9-18-4-2/h7-8,12,18H,3-6,9-10H2,1-2H3. The van der Waals surface area contributed by atoms with Gasteiger partial charge in [-0.1, -0.05) is 13.8 Å². The third kappa shape index (κ3) is 3.46.